The quantitative estimate of drug-likeness (QED) is 0.530. The van der Waals surface area contributed by atoms with Gasteiger partial charge in [-0.3, -0.25) is 9.52 Å². The molecule has 4 rings (SSSR count). The zero-order chi connectivity index (χ0) is 23.8. The van der Waals surface area contributed by atoms with Crippen LogP contribution in [0.1, 0.15) is 27.6 Å². The Kier molecular flexibility index (Phi) is 6.05. The molecule has 1 aliphatic heterocycles. The first-order valence-corrected chi connectivity index (χ1v) is 11.9. The van der Waals surface area contributed by atoms with Gasteiger partial charge in [-0.1, -0.05) is 12.1 Å². The lowest BCUT2D eigenvalue weighted by Gasteiger charge is -2.33. The second kappa shape index (κ2) is 8.80. The highest BCUT2D eigenvalue weighted by Gasteiger charge is 2.20. The summed E-state index contributed by atoms with van der Waals surface area (Å²) in [7, 11) is -1.89. The van der Waals surface area contributed by atoms with Crippen LogP contribution in [0.2, 0.25) is 0 Å². The van der Waals surface area contributed by atoms with E-state index in [0.29, 0.717) is 22.3 Å². The molecule has 10 heteroatoms. The number of carboxylic acid groups (broad SMARTS) is 1. The molecule has 9 nitrogen and oxygen atoms in total. The fourth-order valence-electron chi connectivity index (χ4n) is 3.73. The van der Waals surface area contributed by atoms with Gasteiger partial charge in [-0.05, 0) is 50.4 Å². The SMILES string of the molecule is CC(=O)c1ccc(S(=O)(=O)Nc2ccc3nc(N4CCN(C)CC4)cc(C(=O)O)c3c2)cc1. The summed E-state index contributed by atoms with van der Waals surface area (Å²) >= 11 is 0. The first kappa shape index (κ1) is 22.7. The van der Waals surface area contributed by atoms with Crippen molar-refractivity contribution in [3.05, 3.63) is 59.7 Å². The molecular formula is C23H24N4O5S. The van der Waals surface area contributed by atoms with Crippen molar-refractivity contribution in [1.82, 2.24) is 9.88 Å². The fourth-order valence-corrected chi connectivity index (χ4v) is 4.78. The molecule has 0 radical (unpaired) electrons. The summed E-state index contributed by atoms with van der Waals surface area (Å²) in [5.41, 5.74) is 1.15. The summed E-state index contributed by atoms with van der Waals surface area (Å²) in [5, 5.41) is 10.1. The summed E-state index contributed by atoms with van der Waals surface area (Å²) in [5.74, 6) is -0.685. The van der Waals surface area contributed by atoms with E-state index in [1.807, 2.05) is 11.9 Å². The summed E-state index contributed by atoms with van der Waals surface area (Å²) in [6, 6.07) is 11.8. The highest BCUT2D eigenvalue weighted by Crippen LogP contribution is 2.28. The number of aromatic carboxylic acids is 1. The summed E-state index contributed by atoms with van der Waals surface area (Å²) in [4.78, 5) is 32.3. The summed E-state index contributed by atoms with van der Waals surface area (Å²) in [6.45, 7) is 4.61. The molecule has 1 aliphatic rings. The molecule has 172 valence electrons. The van der Waals surface area contributed by atoms with Gasteiger partial charge in [0, 0.05) is 42.8 Å². The third-order valence-corrected chi connectivity index (χ3v) is 7.07. The van der Waals surface area contributed by atoms with Crippen LogP contribution >= 0.6 is 0 Å². The van der Waals surface area contributed by atoms with Crippen LogP contribution in [0.25, 0.3) is 10.9 Å². The molecule has 0 saturated carbocycles. The lowest BCUT2D eigenvalue weighted by atomic mass is 10.1. The van der Waals surface area contributed by atoms with Crippen LogP contribution in [0, 0.1) is 0 Å². The minimum atomic E-state index is -3.93. The Bertz CT molecular complexity index is 1330. The van der Waals surface area contributed by atoms with E-state index in [1.165, 1.54) is 43.3 Å². The number of anilines is 2. The largest absolute Gasteiger partial charge is 0.478 e. The van der Waals surface area contributed by atoms with E-state index in [-0.39, 0.29) is 21.9 Å². The Hall–Kier alpha value is -3.50. The normalized spacial score (nSPS) is 14.9. The van der Waals surface area contributed by atoms with Crippen molar-refractivity contribution < 1.29 is 23.1 Å². The Labute approximate surface area is 191 Å². The number of Topliss-reactive ketones (excluding diaryl/α,β-unsaturated/α-hetero) is 1. The molecule has 0 atom stereocenters. The first-order valence-electron chi connectivity index (χ1n) is 10.4. The van der Waals surface area contributed by atoms with Gasteiger partial charge in [0.1, 0.15) is 5.82 Å². The number of benzene rings is 2. The molecule has 0 bridgehead atoms. The van der Waals surface area contributed by atoms with Crippen LogP contribution < -0.4 is 9.62 Å². The van der Waals surface area contributed by atoms with E-state index in [2.05, 4.69) is 14.6 Å². The standard InChI is InChI=1S/C23H24N4O5S/c1-15(28)16-3-6-18(7-4-16)33(31,32)25-17-5-8-21-19(13-17)20(23(29)30)14-22(24-21)27-11-9-26(2)10-12-27/h3-8,13-14,25H,9-12H2,1-2H3,(H,29,30). The molecule has 0 amide bonds. The monoisotopic (exact) mass is 468 g/mol. The predicted molar refractivity (Wildman–Crippen MR) is 126 cm³/mol. The third kappa shape index (κ3) is 4.81. The van der Waals surface area contributed by atoms with Crippen LogP contribution in [0.15, 0.2) is 53.4 Å². The van der Waals surface area contributed by atoms with Crippen LogP contribution in [0.5, 0.6) is 0 Å². The van der Waals surface area contributed by atoms with E-state index in [9.17, 15) is 23.1 Å². The lowest BCUT2D eigenvalue weighted by molar-refractivity contribution is 0.0698. The van der Waals surface area contributed by atoms with Crippen molar-refractivity contribution in [3.63, 3.8) is 0 Å². The van der Waals surface area contributed by atoms with Gasteiger partial charge >= 0.3 is 5.97 Å². The molecule has 1 fully saturated rings. The number of nitrogens with zero attached hydrogens (tertiary/aromatic N) is 3. The van der Waals surface area contributed by atoms with Crippen LogP contribution in [0.3, 0.4) is 0 Å². The Morgan fingerprint density at radius 3 is 2.27 bits per heavy atom. The number of carbonyl (C=O) groups excluding carboxylic acids is 1. The average Bonchev–Trinajstić information content (AvgIpc) is 2.78. The Morgan fingerprint density at radius 1 is 1.00 bits per heavy atom. The summed E-state index contributed by atoms with van der Waals surface area (Å²) < 4.78 is 28.0. The maximum atomic E-state index is 12.8. The minimum absolute atomic E-state index is 0.00501. The highest BCUT2D eigenvalue weighted by atomic mass is 32.2. The topological polar surface area (TPSA) is 120 Å². The van der Waals surface area contributed by atoms with E-state index >= 15 is 0 Å². The van der Waals surface area contributed by atoms with Crippen LogP contribution in [-0.2, 0) is 10.0 Å². The van der Waals surface area contributed by atoms with Gasteiger partial charge in [-0.15, -0.1) is 0 Å². The molecule has 33 heavy (non-hydrogen) atoms. The van der Waals surface area contributed by atoms with Gasteiger partial charge in [0.05, 0.1) is 16.0 Å². The van der Waals surface area contributed by atoms with Gasteiger partial charge in [0.2, 0.25) is 0 Å². The number of rotatable bonds is 6. The van der Waals surface area contributed by atoms with Crippen molar-refractivity contribution in [3.8, 4) is 0 Å². The number of ketones is 1. The number of aromatic nitrogens is 1. The molecule has 0 aliphatic carbocycles. The molecule has 2 aromatic carbocycles. The van der Waals surface area contributed by atoms with Gasteiger partial charge in [0.25, 0.3) is 10.0 Å². The number of nitrogens with one attached hydrogen (secondary N) is 1. The zero-order valence-electron chi connectivity index (χ0n) is 18.3. The average molecular weight is 469 g/mol. The Balaban J connectivity index is 1.67. The van der Waals surface area contributed by atoms with Gasteiger partial charge in [0.15, 0.2) is 5.78 Å². The van der Waals surface area contributed by atoms with Gasteiger partial charge in [-0.2, -0.15) is 0 Å². The summed E-state index contributed by atoms with van der Waals surface area (Å²) in [6.07, 6.45) is 0. The van der Waals surface area contributed by atoms with E-state index in [0.717, 1.165) is 26.2 Å². The van der Waals surface area contributed by atoms with Crippen molar-refractivity contribution in [2.24, 2.45) is 0 Å². The molecule has 1 saturated heterocycles. The first-order chi connectivity index (χ1) is 15.6. The van der Waals surface area contributed by atoms with E-state index in [1.54, 1.807) is 12.1 Å². The molecule has 3 aromatic rings. The van der Waals surface area contributed by atoms with Crippen molar-refractivity contribution in [2.45, 2.75) is 11.8 Å². The minimum Gasteiger partial charge on any atom is -0.478 e. The molecule has 1 aromatic heterocycles. The number of hydrogen-bond acceptors (Lipinski definition) is 7. The van der Waals surface area contributed by atoms with Crippen molar-refractivity contribution in [1.29, 1.82) is 0 Å². The van der Waals surface area contributed by atoms with Crippen molar-refractivity contribution in [2.75, 3.05) is 42.8 Å². The lowest BCUT2D eigenvalue weighted by Crippen LogP contribution is -2.44. The van der Waals surface area contributed by atoms with E-state index < -0.39 is 16.0 Å². The number of pyridine rings is 1. The third-order valence-electron chi connectivity index (χ3n) is 5.68. The molecule has 0 spiro atoms. The number of sulfonamides is 1. The molecular weight excluding hydrogens is 444 g/mol. The van der Waals surface area contributed by atoms with Crippen LogP contribution in [-0.4, -0.2) is 68.4 Å². The second-order valence-corrected chi connectivity index (χ2v) is 9.72. The maximum absolute atomic E-state index is 12.8. The number of piperazine rings is 1. The molecule has 0 unspecified atom stereocenters. The zero-order valence-corrected chi connectivity index (χ0v) is 19.1. The van der Waals surface area contributed by atoms with E-state index in [4.69, 9.17) is 0 Å². The number of carbonyl (C=O) groups is 2. The number of fused-ring (bicyclic) bond motifs is 1. The number of hydrogen-bond donors (Lipinski definition) is 2. The predicted octanol–water partition coefficient (Wildman–Crippen LogP) is 2.69. The van der Waals surface area contributed by atoms with Crippen molar-refractivity contribution >= 4 is 44.2 Å². The molecule has 2 N–H and O–H groups in total. The Morgan fingerprint density at radius 2 is 1.67 bits per heavy atom. The van der Waals surface area contributed by atoms with Gasteiger partial charge in [-0.25, -0.2) is 18.2 Å². The second-order valence-electron chi connectivity index (χ2n) is 8.04. The fraction of sp³-hybridized carbons (Fsp3) is 0.261. The number of carboxylic acids is 1. The number of likely N-dealkylation sites (N-methyl/N-ethyl adjacent to an activating group) is 1. The smallest absolute Gasteiger partial charge is 0.336 e. The van der Waals surface area contributed by atoms with Gasteiger partial charge < -0.3 is 14.9 Å². The van der Waals surface area contributed by atoms with Crippen LogP contribution in [0.4, 0.5) is 11.5 Å². The molecule has 2 heterocycles. The highest BCUT2D eigenvalue weighted by molar-refractivity contribution is 7.92. The maximum Gasteiger partial charge on any atom is 0.336 e.